The molecule has 0 aromatic heterocycles. The van der Waals surface area contributed by atoms with E-state index in [-0.39, 0.29) is 16.6 Å². The number of fused-ring (bicyclic) bond motifs is 1. The van der Waals surface area contributed by atoms with E-state index in [0.29, 0.717) is 0 Å². The number of carbonyl (C=O) groups excluding carboxylic acids is 1. The maximum atomic E-state index is 13.4. The van der Waals surface area contributed by atoms with Crippen LogP contribution < -0.4 is 0 Å². The number of carbonyl (C=O) groups is 1. The van der Waals surface area contributed by atoms with Crippen LogP contribution in [-0.4, -0.2) is 5.78 Å². The van der Waals surface area contributed by atoms with Crippen LogP contribution in [0.5, 0.6) is 0 Å². The van der Waals surface area contributed by atoms with Crippen LogP contribution >= 0.6 is 30.1 Å². The Kier molecular flexibility index (Phi) is 5.66. The van der Waals surface area contributed by atoms with Gasteiger partial charge in [0.15, 0.2) is 5.78 Å². The SMILES string of the molecule is CC(C)(C)c1cc(C(=O)C2=Cc3ccccc3C2)cc(C(C)(C)C)c1SI. The molecule has 0 saturated carbocycles. The van der Waals surface area contributed by atoms with Gasteiger partial charge < -0.3 is 0 Å². The summed E-state index contributed by atoms with van der Waals surface area (Å²) in [6, 6.07) is 12.5. The minimum absolute atomic E-state index is 0.0170. The zero-order valence-corrected chi connectivity index (χ0v) is 19.9. The van der Waals surface area contributed by atoms with E-state index in [2.05, 4.69) is 93.1 Å². The van der Waals surface area contributed by atoms with Gasteiger partial charge in [0.25, 0.3) is 0 Å². The largest absolute Gasteiger partial charge is 0.289 e. The molecule has 0 aliphatic heterocycles. The lowest BCUT2D eigenvalue weighted by Gasteiger charge is -2.29. The molecule has 1 aliphatic carbocycles. The second-order valence-corrected chi connectivity index (χ2v) is 11.2. The number of hydrogen-bond donors (Lipinski definition) is 0. The molecule has 0 radical (unpaired) electrons. The van der Waals surface area contributed by atoms with Gasteiger partial charge in [-0.2, -0.15) is 0 Å². The maximum absolute atomic E-state index is 13.4. The number of Topliss-reactive ketones (excluding diaryl/α,β-unsaturated/α-hetero) is 1. The van der Waals surface area contributed by atoms with E-state index in [1.54, 1.807) is 8.93 Å². The predicted octanol–water partition coefficient (Wildman–Crippen LogP) is 7.55. The number of hydrogen-bond acceptors (Lipinski definition) is 2. The highest BCUT2D eigenvalue weighted by Crippen LogP contribution is 2.43. The van der Waals surface area contributed by atoms with Gasteiger partial charge in [-0.3, -0.25) is 4.79 Å². The summed E-state index contributed by atoms with van der Waals surface area (Å²) in [5.74, 6) is 0.159. The van der Waals surface area contributed by atoms with Gasteiger partial charge in [-0.15, -0.1) is 0 Å². The molecule has 142 valence electrons. The normalized spacial score (nSPS) is 14.1. The van der Waals surface area contributed by atoms with E-state index in [9.17, 15) is 4.79 Å². The van der Waals surface area contributed by atoms with Crippen LogP contribution in [0.2, 0.25) is 0 Å². The average Bonchev–Trinajstić information content (AvgIpc) is 3.02. The zero-order chi connectivity index (χ0) is 20.0. The molecule has 0 unspecified atom stereocenters. The fourth-order valence-corrected chi connectivity index (χ4v) is 5.89. The minimum atomic E-state index is -0.0170. The average molecular weight is 490 g/mol. The molecule has 1 nitrogen and oxygen atoms in total. The summed E-state index contributed by atoms with van der Waals surface area (Å²) in [5, 5.41) is 0. The van der Waals surface area contributed by atoms with E-state index in [4.69, 9.17) is 0 Å². The minimum Gasteiger partial charge on any atom is -0.289 e. The third-order valence-electron chi connectivity index (χ3n) is 5.10. The lowest BCUT2D eigenvalue weighted by atomic mass is 9.78. The lowest BCUT2D eigenvalue weighted by Crippen LogP contribution is -2.20. The highest BCUT2D eigenvalue weighted by molar-refractivity contribution is 14.2. The zero-order valence-electron chi connectivity index (χ0n) is 16.9. The molecule has 0 bridgehead atoms. The summed E-state index contributed by atoms with van der Waals surface area (Å²) in [6.07, 6.45) is 2.79. The number of benzene rings is 2. The van der Waals surface area contributed by atoms with Crippen molar-refractivity contribution < 1.29 is 4.79 Å². The first kappa shape index (κ1) is 20.7. The molecule has 2 aromatic carbocycles. The third kappa shape index (κ3) is 4.19. The molecule has 2 aromatic rings. The molecule has 0 amide bonds. The van der Waals surface area contributed by atoms with E-state index in [0.717, 1.165) is 17.6 Å². The molecular weight excluding hydrogens is 463 g/mol. The summed E-state index contributed by atoms with van der Waals surface area (Å²) in [7, 11) is 1.76. The van der Waals surface area contributed by atoms with Crippen LogP contribution in [0.3, 0.4) is 0 Å². The standard InChI is InChI=1S/C24H27IOS/c1-23(2,3)19-13-18(14-20(22(19)27-25)24(4,5)6)21(26)17-11-15-9-7-8-10-16(15)12-17/h7-11,13-14H,12H2,1-6H3. The van der Waals surface area contributed by atoms with Gasteiger partial charge in [0.1, 0.15) is 0 Å². The molecule has 1 aliphatic rings. The van der Waals surface area contributed by atoms with Crippen molar-refractivity contribution in [3.63, 3.8) is 0 Å². The molecule has 3 rings (SSSR count). The van der Waals surface area contributed by atoms with Crippen molar-refractivity contribution in [2.24, 2.45) is 0 Å². The molecule has 0 saturated heterocycles. The summed E-state index contributed by atoms with van der Waals surface area (Å²) in [4.78, 5) is 14.7. The maximum Gasteiger partial charge on any atom is 0.189 e. The van der Waals surface area contributed by atoms with Crippen molar-refractivity contribution in [3.8, 4) is 0 Å². The quantitative estimate of drug-likeness (QED) is 0.327. The van der Waals surface area contributed by atoms with Gasteiger partial charge in [-0.1, -0.05) is 74.7 Å². The number of halogens is 1. The summed E-state index contributed by atoms with van der Waals surface area (Å²) in [5.41, 5.74) is 6.61. The van der Waals surface area contributed by atoms with Crippen LogP contribution in [0.4, 0.5) is 0 Å². The Morgan fingerprint density at radius 3 is 2.00 bits per heavy atom. The van der Waals surface area contributed by atoms with E-state index >= 15 is 0 Å². The Hall–Kier alpha value is -1.07. The van der Waals surface area contributed by atoms with Gasteiger partial charge in [-0.05, 0) is 51.3 Å². The first-order valence-electron chi connectivity index (χ1n) is 9.33. The summed E-state index contributed by atoms with van der Waals surface area (Å²) >= 11 is 2.37. The second kappa shape index (κ2) is 7.40. The molecule has 0 atom stereocenters. The van der Waals surface area contributed by atoms with Gasteiger partial charge in [0.05, 0.1) is 0 Å². The molecule has 3 heteroatoms. The van der Waals surface area contributed by atoms with Crippen molar-refractivity contribution in [1.29, 1.82) is 0 Å². The number of allylic oxidation sites excluding steroid dienone is 1. The molecule has 0 N–H and O–H groups in total. The molecule has 0 fully saturated rings. The van der Waals surface area contributed by atoms with Crippen molar-refractivity contribution in [3.05, 3.63) is 69.8 Å². The molecular formula is C24H27IOS. The van der Waals surface area contributed by atoms with Gasteiger partial charge in [-0.25, -0.2) is 0 Å². The van der Waals surface area contributed by atoms with Crippen molar-refractivity contribution >= 4 is 42.0 Å². The van der Waals surface area contributed by atoms with Crippen LogP contribution in [0.1, 0.15) is 74.2 Å². The van der Waals surface area contributed by atoms with Crippen molar-refractivity contribution in [1.82, 2.24) is 0 Å². The Balaban J connectivity index is 2.13. The molecule has 0 spiro atoms. The van der Waals surface area contributed by atoms with Crippen molar-refractivity contribution in [2.75, 3.05) is 0 Å². The van der Waals surface area contributed by atoms with Crippen LogP contribution in [-0.2, 0) is 17.3 Å². The van der Waals surface area contributed by atoms with Gasteiger partial charge in [0, 0.05) is 43.7 Å². The highest BCUT2D eigenvalue weighted by atomic mass is 127. The van der Waals surface area contributed by atoms with Gasteiger partial charge >= 0.3 is 0 Å². The van der Waals surface area contributed by atoms with Crippen LogP contribution in [0, 0.1) is 0 Å². The van der Waals surface area contributed by atoms with Crippen LogP contribution in [0.15, 0.2) is 46.9 Å². The summed E-state index contributed by atoms with van der Waals surface area (Å²) < 4.78 is 0. The Morgan fingerprint density at radius 1 is 0.963 bits per heavy atom. The van der Waals surface area contributed by atoms with Crippen LogP contribution in [0.25, 0.3) is 6.08 Å². The molecule has 0 heterocycles. The first-order chi connectivity index (χ1) is 12.5. The van der Waals surface area contributed by atoms with E-state index < -0.39 is 0 Å². The fraction of sp³-hybridized carbons (Fsp3) is 0.375. The lowest BCUT2D eigenvalue weighted by molar-refractivity contribution is 0.103. The molecule has 27 heavy (non-hydrogen) atoms. The first-order valence-corrected chi connectivity index (χ1v) is 12.7. The Bertz CT molecular complexity index is 891. The van der Waals surface area contributed by atoms with Gasteiger partial charge in [0.2, 0.25) is 0 Å². The van der Waals surface area contributed by atoms with Crippen molar-refractivity contribution in [2.45, 2.75) is 63.7 Å². The topological polar surface area (TPSA) is 17.1 Å². The predicted molar refractivity (Wildman–Crippen MR) is 126 cm³/mol. The third-order valence-corrected chi connectivity index (χ3v) is 7.02. The second-order valence-electron chi connectivity index (χ2n) is 9.35. The van der Waals surface area contributed by atoms with E-state index in [1.807, 2.05) is 12.1 Å². The fourth-order valence-electron chi connectivity index (χ4n) is 3.57. The monoisotopic (exact) mass is 490 g/mol. The smallest absolute Gasteiger partial charge is 0.189 e. The summed E-state index contributed by atoms with van der Waals surface area (Å²) in [6.45, 7) is 13.4. The Morgan fingerprint density at radius 2 is 1.52 bits per heavy atom. The highest BCUT2D eigenvalue weighted by Gasteiger charge is 2.29. The number of ketones is 1. The number of rotatable bonds is 3. The Labute approximate surface area is 179 Å². The van der Waals surface area contributed by atoms with E-state index in [1.165, 1.54) is 27.1 Å².